The summed E-state index contributed by atoms with van der Waals surface area (Å²) in [5.74, 6) is -0.0926. The Morgan fingerprint density at radius 2 is 1.96 bits per heavy atom. The third kappa shape index (κ3) is 2.67. The Labute approximate surface area is 136 Å². The number of imidazole rings is 2. The van der Waals surface area contributed by atoms with E-state index >= 15 is 0 Å². The van der Waals surface area contributed by atoms with Crippen molar-refractivity contribution in [2.45, 2.75) is 13.0 Å². The van der Waals surface area contributed by atoms with Gasteiger partial charge in [0.05, 0.1) is 28.4 Å². The number of aromatic nitrogens is 4. The van der Waals surface area contributed by atoms with E-state index in [9.17, 15) is 9.59 Å². The van der Waals surface area contributed by atoms with Gasteiger partial charge < -0.3 is 19.9 Å². The van der Waals surface area contributed by atoms with Crippen LogP contribution in [0, 0.1) is 0 Å². The molecule has 24 heavy (non-hydrogen) atoms. The molecule has 0 saturated carbocycles. The summed E-state index contributed by atoms with van der Waals surface area (Å²) in [6.07, 6.45) is 2.08. The van der Waals surface area contributed by atoms with Gasteiger partial charge in [-0.2, -0.15) is 0 Å². The van der Waals surface area contributed by atoms with E-state index in [1.54, 1.807) is 24.5 Å². The van der Waals surface area contributed by atoms with Crippen molar-refractivity contribution >= 4 is 33.7 Å². The molecule has 2 heterocycles. The molecular weight excluding hydrogens is 306 g/mol. The number of nitrogens with one attached hydrogen (secondary N) is 3. The molecule has 2 aromatic carbocycles. The van der Waals surface area contributed by atoms with Gasteiger partial charge in [0, 0.05) is 18.7 Å². The molecule has 4 rings (SSSR count). The summed E-state index contributed by atoms with van der Waals surface area (Å²) in [7, 11) is 0. The number of benzene rings is 2. The van der Waals surface area contributed by atoms with Gasteiger partial charge in [0.1, 0.15) is 0 Å². The van der Waals surface area contributed by atoms with E-state index in [0.717, 1.165) is 11.0 Å². The zero-order chi connectivity index (χ0) is 16.5. The topological polar surface area (TPSA) is 95.6 Å². The maximum absolute atomic E-state index is 12.2. The summed E-state index contributed by atoms with van der Waals surface area (Å²) >= 11 is 0. The van der Waals surface area contributed by atoms with Gasteiger partial charge in [0.15, 0.2) is 0 Å². The Morgan fingerprint density at radius 1 is 1.12 bits per heavy atom. The second-order valence-electron chi connectivity index (χ2n) is 5.56. The molecule has 7 nitrogen and oxygen atoms in total. The minimum Gasteiger partial charge on any atom is -0.330 e. The Balaban J connectivity index is 1.45. The van der Waals surface area contributed by atoms with Crippen molar-refractivity contribution in [3.8, 4) is 0 Å². The van der Waals surface area contributed by atoms with Gasteiger partial charge in [-0.1, -0.05) is 12.1 Å². The summed E-state index contributed by atoms with van der Waals surface area (Å²) in [6, 6.07) is 13.1. The molecule has 0 aliphatic carbocycles. The fourth-order valence-corrected chi connectivity index (χ4v) is 2.74. The molecule has 0 fully saturated rings. The Morgan fingerprint density at radius 3 is 2.88 bits per heavy atom. The number of para-hydroxylation sites is 2. The number of anilines is 1. The normalized spacial score (nSPS) is 11.2. The number of amides is 1. The third-order valence-corrected chi connectivity index (χ3v) is 3.91. The quantitative estimate of drug-likeness (QED) is 0.538. The highest BCUT2D eigenvalue weighted by Crippen LogP contribution is 2.15. The number of fused-ring (bicyclic) bond motifs is 2. The van der Waals surface area contributed by atoms with E-state index in [1.165, 1.54) is 0 Å². The molecule has 4 aromatic rings. The van der Waals surface area contributed by atoms with Crippen LogP contribution in [0.5, 0.6) is 0 Å². The second-order valence-corrected chi connectivity index (χ2v) is 5.56. The smallest absolute Gasteiger partial charge is 0.323 e. The Kier molecular flexibility index (Phi) is 3.38. The van der Waals surface area contributed by atoms with Crippen LogP contribution >= 0.6 is 0 Å². The summed E-state index contributed by atoms with van der Waals surface area (Å²) in [5, 5.41) is 2.85. The van der Waals surface area contributed by atoms with Crippen molar-refractivity contribution in [3.63, 3.8) is 0 Å². The van der Waals surface area contributed by atoms with Crippen LogP contribution in [-0.4, -0.2) is 25.4 Å². The molecule has 3 N–H and O–H groups in total. The fourth-order valence-electron chi connectivity index (χ4n) is 2.74. The predicted molar refractivity (Wildman–Crippen MR) is 91.9 cm³/mol. The molecule has 0 saturated heterocycles. The lowest BCUT2D eigenvalue weighted by molar-refractivity contribution is -0.116. The zero-order valence-corrected chi connectivity index (χ0v) is 12.7. The van der Waals surface area contributed by atoms with Crippen molar-refractivity contribution in [2.24, 2.45) is 0 Å². The molecule has 1 amide bonds. The molecule has 0 aliphatic rings. The average Bonchev–Trinajstić information content (AvgIpc) is 3.15. The molecule has 0 bridgehead atoms. The largest absolute Gasteiger partial charge is 0.330 e. The Hall–Kier alpha value is -3.35. The number of aryl methyl sites for hydroxylation is 1. The first kappa shape index (κ1) is 14.3. The maximum atomic E-state index is 12.2. The molecule has 2 aromatic heterocycles. The lowest BCUT2D eigenvalue weighted by atomic mass is 10.2. The van der Waals surface area contributed by atoms with Crippen LogP contribution in [0.25, 0.3) is 22.1 Å². The summed E-state index contributed by atoms with van der Waals surface area (Å²) in [4.78, 5) is 33.1. The summed E-state index contributed by atoms with van der Waals surface area (Å²) in [5.41, 5.74) is 3.69. The van der Waals surface area contributed by atoms with Crippen molar-refractivity contribution in [2.75, 3.05) is 5.32 Å². The van der Waals surface area contributed by atoms with E-state index in [1.807, 2.05) is 28.8 Å². The van der Waals surface area contributed by atoms with E-state index in [-0.39, 0.29) is 11.6 Å². The number of hydrogen-bond donors (Lipinski definition) is 3. The van der Waals surface area contributed by atoms with Gasteiger partial charge in [-0.25, -0.2) is 9.78 Å². The van der Waals surface area contributed by atoms with Crippen LogP contribution in [0.4, 0.5) is 5.69 Å². The van der Waals surface area contributed by atoms with Crippen LogP contribution < -0.4 is 11.0 Å². The molecule has 0 spiro atoms. The number of H-pyrrole nitrogens is 2. The molecule has 7 heteroatoms. The second kappa shape index (κ2) is 5.69. The minimum absolute atomic E-state index is 0.0926. The van der Waals surface area contributed by atoms with E-state index < -0.39 is 0 Å². The minimum atomic E-state index is -0.263. The van der Waals surface area contributed by atoms with Gasteiger partial charge in [-0.15, -0.1) is 0 Å². The Bertz CT molecular complexity index is 1090. The van der Waals surface area contributed by atoms with Crippen molar-refractivity contribution in [1.82, 2.24) is 19.5 Å². The number of carbonyl (C=O) groups is 1. The van der Waals surface area contributed by atoms with Gasteiger partial charge in [-0.05, 0) is 30.3 Å². The van der Waals surface area contributed by atoms with Crippen molar-refractivity contribution in [1.29, 1.82) is 0 Å². The van der Waals surface area contributed by atoms with Gasteiger partial charge in [-0.3, -0.25) is 4.79 Å². The van der Waals surface area contributed by atoms with E-state index in [2.05, 4.69) is 20.3 Å². The third-order valence-electron chi connectivity index (χ3n) is 3.91. The molecule has 120 valence electrons. The first-order chi connectivity index (χ1) is 11.7. The predicted octanol–water partition coefficient (Wildman–Crippen LogP) is 2.23. The molecule has 0 atom stereocenters. The first-order valence-electron chi connectivity index (χ1n) is 7.61. The van der Waals surface area contributed by atoms with Crippen LogP contribution in [0.15, 0.2) is 53.6 Å². The number of carbonyl (C=O) groups excluding carboxylic acids is 1. The van der Waals surface area contributed by atoms with Gasteiger partial charge in [0.2, 0.25) is 5.91 Å². The van der Waals surface area contributed by atoms with Crippen LogP contribution in [0.1, 0.15) is 6.42 Å². The summed E-state index contributed by atoms with van der Waals surface area (Å²) < 4.78 is 1.96. The summed E-state index contributed by atoms with van der Waals surface area (Å²) in [6.45, 7) is 0.551. The standard InChI is InChI=1S/C17H15N5O2/c23-16(7-8-22-10-18-13-3-1-2-4-15(13)22)19-11-5-6-12-14(9-11)21-17(24)20-12/h1-6,9-10H,7-8H2,(H,19,23)(H2,20,21,24). The van der Waals surface area contributed by atoms with Gasteiger partial charge >= 0.3 is 5.69 Å². The highest BCUT2D eigenvalue weighted by molar-refractivity contribution is 5.93. The maximum Gasteiger partial charge on any atom is 0.323 e. The fraction of sp³-hybridized carbons (Fsp3) is 0.118. The lowest BCUT2D eigenvalue weighted by Crippen LogP contribution is -2.14. The van der Waals surface area contributed by atoms with Crippen LogP contribution in [0.3, 0.4) is 0 Å². The lowest BCUT2D eigenvalue weighted by Gasteiger charge is -2.06. The van der Waals surface area contributed by atoms with Crippen molar-refractivity contribution in [3.05, 3.63) is 59.3 Å². The SMILES string of the molecule is O=C(CCn1cnc2ccccc21)Nc1ccc2[nH]c(=O)[nH]c2c1. The molecule has 0 radical (unpaired) electrons. The van der Waals surface area contributed by atoms with Crippen LogP contribution in [-0.2, 0) is 11.3 Å². The number of aromatic amines is 2. The van der Waals surface area contributed by atoms with E-state index in [4.69, 9.17) is 0 Å². The highest BCUT2D eigenvalue weighted by atomic mass is 16.1. The van der Waals surface area contributed by atoms with Gasteiger partial charge in [0.25, 0.3) is 0 Å². The number of rotatable bonds is 4. The monoisotopic (exact) mass is 321 g/mol. The number of hydrogen-bond acceptors (Lipinski definition) is 3. The van der Waals surface area contributed by atoms with E-state index in [0.29, 0.717) is 29.7 Å². The average molecular weight is 321 g/mol. The van der Waals surface area contributed by atoms with Crippen LogP contribution in [0.2, 0.25) is 0 Å². The number of nitrogens with zero attached hydrogens (tertiary/aromatic N) is 2. The zero-order valence-electron chi connectivity index (χ0n) is 12.7. The molecule has 0 unspecified atom stereocenters. The first-order valence-corrected chi connectivity index (χ1v) is 7.61. The molecule has 0 aliphatic heterocycles. The van der Waals surface area contributed by atoms with Crippen molar-refractivity contribution < 1.29 is 4.79 Å². The highest BCUT2D eigenvalue weighted by Gasteiger charge is 2.07. The molecular formula is C17H15N5O2.